The van der Waals surface area contributed by atoms with E-state index in [9.17, 15) is 13.6 Å². The van der Waals surface area contributed by atoms with Crippen molar-refractivity contribution in [2.24, 2.45) is 17.8 Å². The van der Waals surface area contributed by atoms with Crippen molar-refractivity contribution in [1.29, 1.82) is 0 Å². The Morgan fingerprint density at radius 2 is 0.348 bits per heavy atom. The van der Waals surface area contributed by atoms with Crippen LogP contribution < -0.4 is 0 Å². The molecule has 0 aromatic heterocycles. The molecule has 0 N–H and O–H groups in total. The Morgan fingerprint density at radius 1 is 0.200 bits per heavy atom. The van der Waals surface area contributed by atoms with E-state index in [1.165, 1.54) is 119 Å². The molecule has 3 unspecified atom stereocenters. The van der Waals surface area contributed by atoms with Crippen LogP contribution in [0.3, 0.4) is 0 Å². The van der Waals surface area contributed by atoms with Crippen molar-refractivity contribution in [2.45, 2.75) is 469 Å². The first-order valence-corrected chi connectivity index (χ1v) is 47.1. The maximum atomic E-state index is 9.87. The number of hydrogen-bond acceptors (Lipinski definition) is 3. The molecule has 0 saturated carbocycles. The molecule has 0 bridgehead atoms. The lowest BCUT2D eigenvalue weighted by atomic mass is 9.65. The molecule has 4 heteroatoms. The maximum absolute atomic E-state index is 9.87. The van der Waals surface area contributed by atoms with Crippen molar-refractivity contribution < 1.29 is 13.6 Å². The summed E-state index contributed by atoms with van der Waals surface area (Å²) in [6, 6.07) is 45.9. The van der Waals surface area contributed by atoms with Crippen molar-refractivity contribution in [3.63, 3.8) is 0 Å². The number of benzene rings is 6. The Kier molecular flexibility index (Phi) is 31.8. The standard InChI is InChI=1S/C111H177O3P/c1-43-46-49-52-55-76(4)109(85-64-58-79(97(7,8)9)70-91(85)103(25,26)27,86-65-59-80(98(10,11)12)71-92(86)104(28,29)30)112-115(113-110(77(5)56-53-50-47-44-2,87-66-60-81(99(13,14)15)72-93(87)105(31,32)33)88-67-61-82(100(16,17)18)73-94(88)106(34,35)36)114-111(78(6)57-54-51-48-45-3,89-68-62-83(101(19,20)21)74-95(89)107(37,38)39)90-69-63-84(102(22,23)24)75-96(90)108(40,41)42/h58-78H,43-57H2,1-42H3. The highest BCUT2D eigenvalue weighted by Crippen LogP contribution is 2.68. The van der Waals surface area contributed by atoms with Crippen LogP contribution in [0, 0.1) is 17.8 Å². The van der Waals surface area contributed by atoms with Gasteiger partial charge in [0.1, 0.15) is 16.8 Å². The predicted octanol–water partition coefficient (Wildman–Crippen LogP) is 34.5. The van der Waals surface area contributed by atoms with E-state index < -0.39 is 25.4 Å². The van der Waals surface area contributed by atoms with Gasteiger partial charge in [0.25, 0.3) is 0 Å². The van der Waals surface area contributed by atoms with Crippen molar-refractivity contribution in [1.82, 2.24) is 0 Å². The van der Waals surface area contributed by atoms with Crippen LogP contribution in [0.25, 0.3) is 0 Å². The molecule has 0 radical (unpaired) electrons. The summed E-state index contributed by atoms with van der Waals surface area (Å²) in [5, 5.41) is 0. The highest BCUT2D eigenvalue weighted by atomic mass is 31.2. The first-order valence-electron chi connectivity index (χ1n) is 46.0. The largest absolute Gasteiger partial charge is 0.336 e. The SMILES string of the molecule is CCCCCCC(C)C(OP(OC(c1ccc(C(C)(C)C)cc1C(C)(C)C)(c1ccc(C(C)(C)C)cc1C(C)(C)C)C(C)CCCCCC)OC(c1ccc(C(C)(C)C)cc1C(C)(C)C)(c1ccc(C(C)(C)C)cc1C(C)(C)C)C(C)CCCCCC)(c1ccc(C(C)(C)C)cc1C(C)(C)C)c1ccc(C(C)(C)C)cc1C(C)(C)C. The smallest absolute Gasteiger partial charge is 0.295 e. The Balaban J connectivity index is 2.29. The summed E-state index contributed by atoms with van der Waals surface area (Å²) < 4.78 is 29.6. The summed E-state index contributed by atoms with van der Waals surface area (Å²) in [4.78, 5) is 0. The Bertz CT molecular complexity index is 3480. The molecule has 115 heavy (non-hydrogen) atoms. The molecule has 0 saturated heterocycles. The molecular weight excluding hydrogens is 1410 g/mol. The average molecular weight is 1590 g/mol. The number of hydrogen-bond donors (Lipinski definition) is 0. The van der Waals surface area contributed by atoms with E-state index in [-0.39, 0.29) is 82.7 Å². The van der Waals surface area contributed by atoms with Crippen molar-refractivity contribution >= 4 is 8.60 Å². The minimum atomic E-state index is -2.70. The van der Waals surface area contributed by atoms with Crippen molar-refractivity contribution in [3.05, 3.63) is 209 Å². The molecule has 6 rings (SSSR count). The van der Waals surface area contributed by atoms with Gasteiger partial charge in [-0.2, -0.15) is 0 Å². The van der Waals surface area contributed by atoms with Crippen LogP contribution in [0.1, 0.15) is 487 Å². The normalized spacial score (nSPS) is 15.2. The fourth-order valence-electron chi connectivity index (χ4n) is 18.0. The van der Waals surface area contributed by atoms with E-state index in [0.717, 1.165) is 77.0 Å². The molecule has 3 nitrogen and oxygen atoms in total. The van der Waals surface area contributed by atoms with Gasteiger partial charge in [0.15, 0.2) is 0 Å². The molecule has 6 aromatic carbocycles. The van der Waals surface area contributed by atoms with E-state index >= 15 is 0 Å². The zero-order chi connectivity index (χ0) is 87.7. The van der Waals surface area contributed by atoms with Gasteiger partial charge in [0.05, 0.1) is 0 Å². The first-order chi connectivity index (χ1) is 52.2. The molecule has 0 heterocycles. The van der Waals surface area contributed by atoms with E-state index in [1.807, 2.05) is 0 Å². The second-order valence-electron chi connectivity index (χ2n) is 48.5. The molecule has 6 aromatic rings. The zero-order valence-electron chi connectivity index (χ0n) is 82.9. The van der Waals surface area contributed by atoms with Crippen LogP contribution in [0.2, 0.25) is 0 Å². The summed E-state index contributed by atoms with van der Waals surface area (Å²) in [5.41, 5.74) is 16.0. The summed E-state index contributed by atoms with van der Waals surface area (Å²) in [7, 11) is -2.70. The molecule has 644 valence electrons. The third-order valence-corrected chi connectivity index (χ3v) is 27.1. The lowest BCUT2D eigenvalue weighted by molar-refractivity contribution is -0.0642. The van der Waals surface area contributed by atoms with Gasteiger partial charge in [0, 0.05) is 0 Å². The van der Waals surface area contributed by atoms with Crippen LogP contribution in [0.15, 0.2) is 109 Å². The molecule has 0 spiro atoms. The molecule has 0 aliphatic heterocycles. The van der Waals surface area contributed by atoms with Gasteiger partial charge in [-0.05, 0) is 202 Å². The van der Waals surface area contributed by atoms with Gasteiger partial charge < -0.3 is 0 Å². The minimum absolute atomic E-state index is 0.133. The van der Waals surface area contributed by atoms with Crippen LogP contribution >= 0.6 is 8.60 Å². The van der Waals surface area contributed by atoms with Gasteiger partial charge in [-0.25, -0.2) is 0 Å². The van der Waals surface area contributed by atoms with Gasteiger partial charge in [-0.3, -0.25) is 13.6 Å². The molecule has 0 fully saturated rings. The minimum Gasteiger partial charge on any atom is -0.295 e. The second-order valence-corrected chi connectivity index (χ2v) is 49.5. The quantitative estimate of drug-likeness (QED) is 0.0332. The average Bonchev–Trinajstić information content (AvgIpc) is 0.711. The first kappa shape index (κ1) is 99.4. The number of rotatable bonds is 30. The Labute approximate surface area is 713 Å². The monoisotopic (exact) mass is 1590 g/mol. The molecule has 0 amide bonds. The summed E-state index contributed by atoms with van der Waals surface area (Å²) in [5.74, 6) is -0.399. The fraction of sp³-hybridized carbons (Fsp3) is 0.676. The third kappa shape index (κ3) is 23.5. The van der Waals surface area contributed by atoms with E-state index in [2.05, 4.69) is 400 Å². The molecule has 0 aliphatic carbocycles. The highest BCUT2D eigenvalue weighted by Gasteiger charge is 2.58. The van der Waals surface area contributed by atoms with E-state index in [0.29, 0.717) is 0 Å². The lowest BCUT2D eigenvalue weighted by Gasteiger charge is -2.52. The van der Waals surface area contributed by atoms with Crippen LogP contribution in [0.4, 0.5) is 0 Å². The maximum Gasteiger partial charge on any atom is 0.336 e. The predicted molar refractivity (Wildman–Crippen MR) is 509 cm³/mol. The summed E-state index contributed by atoms with van der Waals surface area (Å²) in [6.45, 7) is 102. The molecular formula is C111H177O3P. The van der Waals surface area contributed by atoms with Crippen LogP contribution in [-0.2, 0) is 95.4 Å². The molecule has 3 atom stereocenters. The van der Waals surface area contributed by atoms with Crippen LogP contribution in [0.5, 0.6) is 0 Å². The van der Waals surface area contributed by atoms with Gasteiger partial charge >= 0.3 is 8.60 Å². The Morgan fingerprint density at radius 3 is 0.470 bits per heavy atom. The van der Waals surface area contributed by atoms with Gasteiger partial charge in [0.2, 0.25) is 0 Å². The third-order valence-electron chi connectivity index (χ3n) is 25.8. The van der Waals surface area contributed by atoms with Crippen molar-refractivity contribution in [3.8, 4) is 0 Å². The topological polar surface area (TPSA) is 27.7 Å². The summed E-state index contributed by atoms with van der Waals surface area (Å²) >= 11 is 0. The van der Waals surface area contributed by atoms with Crippen molar-refractivity contribution in [2.75, 3.05) is 0 Å². The highest BCUT2D eigenvalue weighted by molar-refractivity contribution is 7.41. The number of unbranched alkanes of at least 4 members (excludes halogenated alkanes) is 9. The van der Waals surface area contributed by atoms with E-state index in [4.69, 9.17) is 0 Å². The zero-order valence-corrected chi connectivity index (χ0v) is 83.8. The molecule has 0 aliphatic rings. The second kappa shape index (κ2) is 36.7. The Hall–Kier alpha value is -4.37. The van der Waals surface area contributed by atoms with Crippen LogP contribution in [-0.4, -0.2) is 0 Å². The lowest BCUT2D eigenvalue weighted by Crippen LogP contribution is -2.47. The van der Waals surface area contributed by atoms with Gasteiger partial charge in [-0.15, -0.1) is 0 Å². The van der Waals surface area contributed by atoms with E-state index in [1.54, 1.807) is 0 Å². The van der Waals surface area contributed by atoms with Gasteiger partial charge in [-0.1, -0.05) is 477 Å². The summed E-state index contributed by atoms with van der Waals surface area (Å²) in [6.07, 6.45) is 16.2. The fourth-order valence-corrected chi connectivity index (χ4v) is 19.9.